The molecule has 1 aromatic carbocycles. The highest BCUT2D eigenvalue weighted by atomic mass is 19.2. The van der Waals surface area contributed by atoms with Gasteiger partial charge in [-0.3, -0.25) is 4.79 Å². The number of fused-ring (bicyclic) bond motifs is 1. The summed E-state index contributed by atoms with van der Waals surface area (Å²) in [5.41, 5.74) is 3.11. The van der Waals surface area contributed by atoms with Crippen LogP contribution in [0.2, 0.25) is 0 Å². The Morgan fingerprint density at radius 2 is 2.05 bits per heavy atom. The molecular weight excluding hydrogens is 262 g/mol. The van der Waals surface area contributed by atoms with Gasteiger partial charge in [0.25, 0.3) is 5.91 Å². The number of aromatic nitrogens is 1. The Kier molecular flexibility index (Phi) is 3.04. The Morgan fingerprint density at radius 1 is 1.25 bits per heavy atom. The number of carbonyl (C=O) groups excluding carboxylic acids is 1. The number of nitrogens with one attached hydrogen (secondary N) is 1. The molecule has 20 heavy (non-hydrogen) atoms. The molecule has 3 nitrogen and oxygen atoms in total. The molecule has 1 amide bonds. The van der Waals surface area contributed by atoms with E-state index in [-0.39, 0.29) is 11.6 Å². The first-order chi connectivity index (χ1) is 9.56. The Balaban J connectivity index is 1.88. The Bertz CT molecular complexity index is 691. The first-order valence-electron chi connectivity index (χ1n) is 6.49. The predicted octanol–water partition coefficient (Wildman–Crippen LogP) is 3.04. The van der Waals surface area contributed by atoms with Crippen molar-refractivity contribution in [3.05, 3.63) is 52.9 Å². The predicted molar refractivity (Wildman–Crippen MR) is 71.7 cm³/mol. The van der Waals surface area contributed by atoms with Crippen LogP contribution in [0.15, 0.2) is 24.4 Å². The topological polar surface area (TPSA) is 34.0 Å². The third-order valence-electron chi connectivity index (χ3n) is 3.64. The van der Waals surface area contributed by atoms with Gasteiger partial charge in [0.15, 0.2) is 11.6 Å². The largest absolute Gasteiger partial charge is 0.346 e. The summed E-state index contributed by atoms with van der Waals surface area (Å²) >= 11 is 0. The molecule has 0 unspecified atom stereocenters. The van der Waals surface area contributed by atoms with Crippen LogP contribution in [0.5, 0.6) is 0 Å². The molecule has 0 saturated carbocycles. The normalized spacial score (nSPS) is 13.3. The molecule has 0 bridgehead atoms. The van der Waals surface area contributed by atoms with Crippen LogP contribution in [0.25, 0.3) is 0 Å². The molecule has 1 aliphatic carbocycles. The minimum absolute atomic E-state index is 0.252. The summed E-state index contributed by atoms with van der Waals surface area (Å²) in [7, 11) is 1.82. The lowest BCUT2D eigenvalue weighted by molar-refractivity contribution is 0.101. The van der Waals surface area contributed by atoms with E-state index in [1.54, 1.807) is 4.57 Å². The number of aryl methyl sites for hydroxylation is 2. The van der Waals surface area contributed by atoms with Crippen LogP contribution in [-0.2, 0) is 19.9 Å². The summed E-state index contributed by atoms with van der Waals surface area (Å²) < 4.78 is 27.8. The van der Waals surface area contributed by atoms with E-state index >= 15 is 0 Å². The van der Waals surface area contributed by atoms with E-state index in [2.05, 4.69) is 5.32 Å². The molecule has 0 saturated heterocycles. The lowest BCUT2D eigenvalue weighted by Crippen LogP contribution is -2.17. The zero-order valence-electron chi connectivity index (χ0n) is 11.0. The second-order valence-corrected chi connectivity index (χ2v) is 5.03. The molecule has 0 radical (unpaired) electrons. The maximum atomic E-state index is 13.1. The summed E-state index contributed by atoms with van der Waals surface area (Å²) in [6.07, 6.45) is 4.89. The molecule has 1 aliphatic rings. The highest BCUT2D eigenvalue weighted by Crippen LogP contribution is 2.27. The van der Waals surface area contributed by atoms with E-state index in [4.69, 9.17) is 0 Å². The number of carbonyl (C=O) groups is 1. The quantitative estimate of drug-likeness (QED) is 0.898. The number of hydrogen-bond donors (Lipinski definition) is 1. The summed E-state index contributed by atoms with van der Waals surface area (Å²) in [6.45, 7) is 0. The molecule has 5 heteroatoms. The molecule has 104 valence electrons. The SMILES string of the molecule is Cn1cc2c(c1C(=O)Nc1ccc(F)c(F)c1)CCC2. The summed E-state index contributed by atoms with van der Waals surface area (Å²) in [5.74, 6) is -2.19. The van der Waals surface area contributed by atoms with Crippen LogP contribution in [0.3, 0.4) is 0 Å². The van der Waals surface area contributed by atoms with Crippen molar-refractivity contribution in [1.82, 2.24) is 4.57 Å². The Hall–Kier alpha value is -2.17. The van der Waals surface area contributed by atoms with Crippen molar-refractivity contribution in [2.24, 2.45) is 7.05 Å². The smallest absolute Gasteiger partial charge is 0.272 e. The van der Waals surface area contributed by atoms with Crippen LogP contribution < -0.4 is 5.32 Å². The zero-order valence-corrected chi connectivity index (χ0v) is 11.0. The van der Waals surface area contributed by atoms with E-state index in [1.807, 2.05) is 13.2 Å². The van der Waals surface area contributed by atoms with Gasteiger partial charge in [-0.2, -0.15) is 0 Å². The van der Waals surface area contributed by atoms with Crippen molar-refractivity contribution in [2.45, 2.75) is 19.3 Å². The number of nitrogens with zero attached hydrogens (tertiary/aromatic N) is 1. The fraction of sp³-hybridized carbons (Fsp3) is 0.267. The first kappa shape index (κ1) is 12.8. The van der Waals surface area contributed by atoms with Crippen LogP contribution in [0, 0.1) is 11.6 Å². The highest BCUT2D eigenvalue weighted by Gasteiger charge is 2.23. The van der Waals surface area contributed by atoms with Crippen LogP contribution in [-0.4, -0.2) is 10.5 Å². The van der Waals surface area contributed by atoms with Crippen LogP contribution in [0.4, 0.5) is 14.5 Å². The first-order valence-corrected chi connectivity index (χ1v) is 6.49. The van der Waals surface area contributed by atoms with Gasteiger partial charge in [-0.1, -0.05) is 0 Å². The average molecular weight is 276 g/mol. The molecule has 0 atom stereocenters. The van der Waals surface area contributed by atoms with E-state index in [9.17, 15) is 13.6 Å². The van der Waals surface area contributed by atoms with Crippen molar-refractivity contribution in [2.75, 3.05) is 5.32 Å². The molecule has 0 fully saturated rings. The fourth-order valence-electron chi connectivity index (χ4n) is 2.75. The van der Waals surface area contributed by atoms with Crippen molar-refractivity contribution in [3.8, 4) is 0 Å². The van der Waals surface area contributed by atoms with Crippen molar-refractivity contribution >= 4 is 11.6 Å². The van der Waals surface area contributed by atoms with E-state index in [0.717, 1.165) is 37.0 Å². The van der Waals surface area contributed by atoms with Gasteiger partial charge >= 0.3 is 0 Å². The molecule has 0 aliphatic heterocycles. The number of halogens is 2. The third-order valence-corrected chi connectivity index (χ3v) is 3.64. The molecule has 2 aromatic rings. The van der Waals surface area contributed by atoms with Gasteiger partial charge in [0.05, 0.1) is 0 Å². The Morgan fingerprint density at radius 3 is 2.80 bits per heavy atom. The number of amides is 1. The molecule has 0 spiro atoms. The highest BCUT2D eigenvalue weighted by molar-refractivity contribution is 6.04. The number of hydrogen-bond acceptors (Lipinski definition) is 1. The van der Waals surface area contributed by atoms with Gasteiger partial charge in [0.2, 0.25) is 0 Å². The van der Waals surface area contributed by atoms with Gasteiger partial charge in [-0.15, -0.1) is 0 Å². The fourth-order valence-corrected chi connectivity index (χ4v) is 2.75. The zero-order chi connectivity index (χ0) is 14.3. The minimum atomic E-state index is -0.972. The molecular formula is C15H14F2N2O. The molecule has 1 aromatic heterocycles. The maximum Gasteiger partial charge on any atom is 0.272 e. The second kappa shape index (κ2) is 4.74. The number of rotatable bonds is 2. The lowest BCUT2D eigenvalue weighted by Gasteiger charge is -2.08. The van der Waals surface area contributed by atoms with Crippen molar-refractivity contribution in [1.29, 1.82) is 0 Å². The van der Waals surface area contributed by atoms with E-state index < -0.39 is 11.6 Å². The van der Waals surface area contributed by atoms with Crippen molar-refractivity contribution < 1.29 is 13.6 Å². The lowest BCUT2D eigenvalue weighted by atomic mass is 10.1. The van der Waals surface area contributed by atoms with E-state index in [1.165, 1.54) is 11.6 Å². The monoisotopic (exact) mass is 276 g/mol. The summed E-state index contributed by atoms with van der Waals surface area (Å²) in [5, 5.41) is 2.62. The maximum absolute atomic E-state index is 13.1. The van der Waals surface area contributed by atoms with E-state index in [0.29, 0.717) is 5.69 Å². The van der Waals surface area contributed by atoms with Crippen molar-refractivity contribution in [3.63, 3.8) is 0 Å². The average Bonchev–Trinajstić information content (AvgIpc) is 2.93. The van der Waals surface area contributed by atoms with Gasteiger partial charge in [-0.25, -0.2) is 8.78 Å². The molecule has 1 heterocycles. The van der Waals surface area contributed by atoms with Crippen LogP contribution >= 0.6 is 0 Å². The summed E-state index contributed by atoms with van der Waals surface area (Å²) in [4.78, 5) is 12.3. The van der Waals surface area contributed by atoms with Gasteiger partial charge in [-0.05, 0) is 42.5 Å². The standard InChI is InChI=1S/C15H14F2N2O/c1-19-8-9-3-2-4-11(9)14(19)15(20)18-10-5-6-12(16)13(17)7-10/h5-8H,2-4H2,1H3,(H,18,20). The molecule has 1 N–H and O–H groups in total. The third kappa shape index (κ3) is 2.09. The van der Waals surface area contributed by atoms with Gasteiger partial charge in [0, 0.05) is 25.0 Å². The van der Waals surface area contributed by atoms with Crippen LogP contribution in [0.1, 0.15) is 28.0 Å². The number of benzene rings is 1. The molecule has 3 rings (SSSR count). The second-order valence-electron chi connectivity index (χ2n) is 5.03. The van der Waals surface area contributed by atoms with Gasteiger partial charge < -0.3 is 9.88 Å². The summed E-state index contributed by atoms with van der Waals surface area (Å²) in [6, 6.07) is 3.33. The number of anilines is 1. The minimum Gasteiger partial charge on any atom is -0.346 e. The van der Waals surface area contributed by atoms with Gasteiger partial charge in [0.1, 0.15) is 5.69 Å². The Labute approximate surface area is 115 Å².